The highest BCUT2D eigenvalue weighted by Crippen LogP contribution is 2.36. The van der Waals surface area contributed by atoms with Crippen LogP contribution in [0.2, 0.25) is 5.02 Å². The molecule has 0 amide bonds. The predicted octanol–water partition coefficient (Wildman–Crippen LogP) is 6.51. The zero-order valence-electron chi connectivity index (χ0n) is 11.5. The summed E-state index contributed by atoms with van der Waals surface area (Å²) >= 11 is 5.56. The number of alkyl halides is 9. The molecule has 0 saturated carbocycles. The fraction of sp³-hybridized carbons (Fsp3) is 0.286. The average molecular weight is 383 g/mol. The minimum Gasteiger partial charge on any atom is -0.166 e. The second kappa shape index (κ2) is 6.70. The van der Waals surface area contributed by atoms with Crippen LogP contribution in [0.4, 0.5) is 39.5 Å². The molecule has 0 aliphatic rings. The minimum atomic E-state index is -5.20. The van der Waals surface area contributed by atoms with Crippen LogP contribution in [0.5, 0.6) is 0 Å². The highest BCUT2D eigenvalue weighted by molar-refractivity contribution is 6.31. The van der Waals surface area contributed by atoms with E-state index in [0.717, 1.165) is 6.07 Å². The zero-order valence-corrected chi connectivity index (χ0v) is 12.3. The second-order valence-corrected chi connectivity index (χ2v) is 5.08. The summed E-state index contributed by atoms with van der Waals surface area (Å²) < 4.78 is 113. The number of halogens is 10. The Labute approximate surface area is 135 Å². The number of hydrogen-bond acceptors (Lipinski definition) is 0. The Hall–Kier alpha value is -1.64. The Morgan fingerprint density at radius 1 is 0.958 bits per heavy atom. The van der Waals surface area contributed by atoms with Gasteiger partial charge in [-0.1, -0.05) is 18.2 Å². The van der Waals surface area contributed by atoms with E-state index in [1.54, 1.807) is 0 Å². The van der Waals surface area contributed by atoms with Gasteiger partial charge in [0.05, 0.1) is 5.56 Å². The van der Waals surface area contributed by atoms with Gasteiger partial charge in [0, 0.05) is 22.6 Å². The molecule has 0 unspecified atom stereocenters. The van der Waals surface area contributed by atoms with E-state index in [4.69, 9.17) is 11.6 Å². The maximum atomic E-state index is 12.9. The molecule has 0 saturated heterocycles. The first-order valence-corrected chi connectivity index (χ1v) is 6.39. The Morgan fingerprint density at radius 3 is 1.92 bits per heavy atom. The molecular formula is C14H8ClF9. The Kier molecular flexibility index (Phi) is 5.69. The second-order valence-electron chi connectivity index (χ2n) is 4.67. The molecule has 0 atom stereocenters. The van der Waals surface area contributed by atoms with Crippen LogP contribution in [0.15, 0.2) is 42.0 Å². The lowest BCUT2D eigenvalue weighted by Crippen LogP contribution is -2.18. The Morgan fingerprint density at radius 2 is 1.50 bits per heavy atom. The molecule has 0 nitrogen and oxygen atoms in total. The van der Waals surface area contributed by atoms with Gasteiger partial charge in [-0.25, -0.2) is 0 Å². The third kappa shape index (κ3) is 5.47. The van der Waals surface area contributed by atoms with Crippen molar-refractivity contribution in [1.29, 1.82) is 0 Å². The first kappa shape index (κ1) is 20.4. The molecule has 0 N–H and O–H groups in total. The van der Waals surface area contributed by atoms with Gasteiger partial charge in [0.25, 0.3) is 0 Å². The van der Waals surface area contributed by atoms with Crippen LogP contribution in [0.1, 0.15) is 11.1 Å². The van der Waals surface area contributed by atoms with E-state index in [9.17, 15) is 39.5 Å². The molecule has 0 bridgehead atoms. The van der Waals surface area contributed by atoms with E-state index in [2.05, 4.69) is 6.58 Å². The van der Waals surface area contributed by atoms with E-state index in [0.29, 0.717) is 12.1 Å². The molecule has 0 aromatic heterocycles. The molecule has 1 aromatic rings. The number of rotatable bonds is 3. The topological polar surface area (TPSA) is 0 Å². The fourth-order valence-electron chi connectivity index (χ4n) is 1.62. The largest absolute Gasteiger partial charge is 0.416 e. The van der Waals surface area contributed by atoms with Crippen LogP contribution in [0.3, 0.4) is 0 Å². The lowest BCUT2D eigenvalue weighted by atomic mass is 10.00. The summed E-state index contributed by atoms with van der Waals surface area (Å²) in [5.74, 6) is 0. The van der Waals surface area contributed by atoms with Gasteiger partial charge in [0.1, 0.15) is 0 Å². The van der Waals surface area contributed by atoms with Gasteiger partial charge in [-0.15, -0.1) is 0 Å². The van der Waals surface area contributed by atoms with Crippen LogP contribution >= 0.6 is 11.6 Å². The molecular weight excluding hydrogens is 375 g/mol. The maximum Gasteiger partial charge on any atom is 0.416 e. The molecule has 1 aromatic carbocycles. The van der Waals surface area contributed by atoms with Gasteiger partial charge in [-0.05, 0) is 29.8 Å². The summed E-state index contributed by atoms with van der Waals surface area (Å²) in [6.45, 7) is 2.49. The van der Waals surface area contributed by atoms with Crippen molar-refractivity contribution in [1.82, 2.24) is 0 Å². The monoisotopic (exact) mass is 382 g/mol. The van der Waals surface area contributed by atoms with Gasteiger partial charge in [-0.2, -0.15) is 39.5 Å². The van der Waals surface area contributed by atoms with E-state index >= 15 is 0 Å². The summed E-state index contributed by atoms with van der Waals surface area (Å²) in [7, 11) is 0. The minimum absolute atomic E-state index is 0.253. The smallest absolute Gasteiger partial charge is 0.166 e. The lowest BCUT2D eigenvalue weighted by molar-refractivity contribution is -0.137. The first-order chi connectivity index (χ1) is 10.6. The van der Waals surface area contributed by atoms with E-state index in [1.807, 2.05) is 0 Å². The molecule has 24 heavy (non-hydrogen) atoms. The van der Waals surface area contributed by atoms with Crippen molar-refractivity contribution in [2.75, 3.05) is 0 Å². The van der Waals surface area contributed by atoms with Crippen LogP contribution in [0, 0.1) is 0 Å². The number of hydrogen-bond donors (Lipinski definition) is 0. The van der Waals surface area contributed by atoms with Crippen LogP contribution in [-0.4, -0.2) is 12.4 Å². The van der Waals surface area contributed by atoms with Crippen molar-refractivity contribution in [3.63, 3.8) is 0 Å². The molecule has 0 aliphatic carbocycles. The fourth-order valence-corrected chi connectivity index (χ4v) is 1.80. The SMILES string of the molecule is C=C(/C=C(/Cc1cc(C(F)(F)F)ccc1Cl)C(F)(F)F)C(F)(F)F. The normalized spacial score (nSPS) is 14.0. The van der Waals surface area contributed by atoms with Crippen LogP contribution in [0.25, 0.3) is 0 Å². The third-order valence-corrected chi connectivity index (χ3v) is 3.20. The van der Waals surface area contributed by atoms with E-state index in [1.165, 1.54) is 0 Å². The number of allylic oxidation sites excluding steroid dienone is 3. The maximum absolute atomic E-state index is 12.9. The lowest BCUT2D eigenvalue weighted by Gasteiger charge is -2.16. The van der Waals surface area contributed by atoms with Gasteiger partial charge in [0.15, 0.2) is 0 Å². The van der Waals surface area contributed by atoms with Crippen LogP contribution in [-0.2, 0) is 12.6 Å². The average Bonchev–Trinajstić information content (AvgIpc) is 2.36. The zero-order chi connectivity index (χ0) is 18.9. The summed E-state index contributed by atoms with van der Waals surface area (Å²) in [5.41, 5.74) is -5.37. The number of benzene rings is 1. The quantitative estimate of drug-likeness (QED) is 0.413. The summed E-state index contributed by atoms with van der Waals surface area (Å²) in [5, 5.41) is -0.434. The summed E-state index contributed by atoms with van der Waals surface area (Å²) in [6, 6.07) is 1.64. The third-order valence-electron chi connectivity index (χ3n) is 2.83. The molecule has 10 heteroatoms. The van der Waals surface area contributed by atoms with Gasteiger partial charge in [0.2, 0.25) is 0 Å². The van der Waals surface area contributed by atoms with Crippen molar-refractivity contribution in [3.05, 3.63) is 58.1 Å². The van der Waals surface area contributed by atoms with Crippen LogP contribution < -0.4 is 0 Å². The highest BCUT2D eigenvalue weighted by Gasteiger charge is 2.38. The highest BCUT2D eigenvalue weighted by atomic mass is 35.5. The Bertz CT molecular complexity index is 648. The molecule has 0 fully saturated rings. The summed E-state index contributed by atoms with van der Waals surface area (Å²) in [4.78, 5) is 0. The van der Waals surface area contributed by atoms with Crippen molar-refractivity contribution >= 4 is 11.6 Å². The molecule has 134 valence electrons. The standard InChI is InChI=1S/C14H8ClF9/c1-7(12(16,17)18)4-10(14(22,23)24)6-8-5-9(13(19,20)21)2-3-11(8)15/h2-5H,1,6H2/b10-4-. The molecule has 0 radical (unpaired) electrons. The van der Waals surface area contributed by atoms with Gasteiger partial charge < -0.3 is 0 Å². The summed E-state index contributed by atoms with van der Waals surface area (Å²) in [6.07, 6.45) is -16.7. The van der Waals surface area contributed by atoms with Gasteiger partial charge in [-0.3, -0.25) is 0 Å². The first-order valence-electron chi connectivity index (χ1n) is 6.02. The van der Waals surface area contributed by atoms with E-state index in [-0.39, 0.29) is 6.08 Å². The van der Waals surface area contributed by atoms with Crippen molar-refractivity contribution < 1.29 is 39.5 Å². The molecule has 0 heterocycles. The molecule has 0 aliphatic heterocycles. The van der Waals surface area contributed by atoms with Crippen molar-refractivity contribution in [2.45, 2.75) is 24.9 Å². The van der Waals surface area contributed by atoms with Crippen molar-refractivity contribution in [3.8, 4) is 0 Å². The predicted molar refractivity (Wildman–Crippen MR) is 69.5 cm³/mol. The van der Waals surface area contributed by atoms with E-state index < -0.39 is 52.2 Å². The van der Waals surface area contributed by atoms with Gasteiger partial charge >= 0.3 is 18.5 Å². The molecule has 0 spiro atoms. The van der Waals surface area contributed by atoms with Crippen molar-refractivity contribution in [2.24, 2.45) is 0 Å². The Balaban J connectivity index is 3.31. The molecule has 1 rings (SSSR count).